The average Bonchev–Trinajstić information content (AvgIpc) is 2.45. The first-order valence-corrected chi connectivity index (χ1v) is 5.62. The van der Waals surface area contributed by atoms with Gasteiger partial charge in [-0.15, -0.1) is 0 Å². The summed E-state index contributed by atoms with van der Waals surface area (Å²) in [5.41, 5.74) is 3.30. The fraction of sp³-hybridized carbons (Fsp3) is 0.0625. The topological polar surface area (TPSA) is 35.8 Å². The van der Waals surface area contributed by atoms with E-state index in [1.165, 1.54) is 0 Å². The maximum Gasteiger partial charge on any atom is 0.0992 e. The Morgan fingerprint density at radius 3 is 2.22 bits per heavy atom. The summed E-state index contributed by atoms with van der Waals surface area (Å²) in [6.07, 6.45) is 0. The van der Waals surface area contributed by atoms with E-state index in [0.717, 1.165) is 16.8 Å². The van der Waals surface area contributed by atoms with Crippen molar-refractivity contribution in [2.45, 2.75) is 0 Å². The van der Waals surface area contributed by atoms with E-state index in [1.54, 1.807) is 12.1 Å². The fourth-order valence-corrected chi connectivity index (χ4v) is 1.57. The molecule has 0 radical (unpaired) electrons. The minimum absolute atomic E-state index is 0.610. The molecule has 1 N–H and O–H groups in total. The van der Waals surface area contributed by atoms with Crippen LogP contribution in [0.2, 0.25) is 0 Å². The quantitative estimate of drug-likeness (QED) is 0.767. The third kappa shape index (κ3) is 2.90. The number of nitrogens with zero attached hydrogens (tertiary/aromatic N) is 1. The van der Waals surface area contributed by atoms with Crippen molar-refractivity contribution in [3.63, 3.8) is 0 Å². The minimum atomic E-state index is 0.610. The standard InChI is InChI=1S/C16H12N2/c1-18-16-10-14(9-15(11-16)12-17)8-7-13-5-3-2-4-6-13/h2-6,9-11,18H,1H3. The molecule has 0 aliphatic rings. The Bertz CT molecular complexity index is 640. The van der Waals surface area contributed by atoms with Crippen LogP contribution in [0, 0.1) is 23.2 Å². The molecule has 0 bridgehead atoms. The number of anilines is 1. The van der Waals surface area contributed by atoms with Crippen molar-refractivity contribution in [1.29, 1.82) is 5.26 Å². The minimum Gasteiger partial charge on any atom is -0.388 e. The van der Waals surface area contributed by atoms with E-state index in [1.807, 2.05) is 43.4 Å². The van der Waals surface area contributed by atoms with Gasteiger partial charge in [-0.3, -0.25) is 0 Å². The van der Waals surface area contributed by atoms with Gasteiger partial charge in [-0.1, -0.05) is 30.0 Å². The van der Waals surface area contributed by atoms with Crippen molar-refractivity contribution in [2.75, 3.05) is 12.4 Å². The maximum atomic E-state index is 8.94. The molecule has 18 heavy (non-hydrogen) atoms. The van der Waals surface area contributed by atoms with Gasteiger partial charge in [0.1, 0.15) is 0 Å². The third-order valence-corrected chi connectivity index (χ3v) is 2.48. The summed E-state index contributed by atoms with van der Waals surface area (Å²) in [7, 11) is 1.82. The summed E-state index contributed by atoms with van der Waals surface area (Å²) >= 11 is 0. The highest BCUT2D eigenvalue weighted by Crippen LogP contribution is 2.13. The summed E-state index contributed by atoms with van der Waals surface area (Å²) in [5, 5.41) is 12.0. The van der Waals surface area contributed by atoms with Gasteiger partial charge in [-0.2, -0.15) is 5.26 Å². The normalized spacial score (nSPS) is 8.89. The van der Waals surface area contributed by atoms with Crippen LogP contribution in [0.25, 0.3) is 0 Å². The molecule has 0 heterocycles. The highest BCUT2D eigenvalue weighted by molar-refractivity contribution is 5.56. The van der Waals surface area contributed by atoms with Crippen LogP contribution in [-0.4, -0.2) is 7.05 Å². The predicted octanol–water partition coefficient (Wildman–Crippen LogP) is 3.00. The number of hydrogen-bond acceptors (Lipinski definition) is 2. The van der Waals surface area contributed by atoms with Gasteiger partial charge in [0.25, 0.3) is 0 Å². The molecule has 0 aliphatic carbocycles. The first-order chi connectivity index (χ1) is 8.81. The van der Waals surface area contributed by atoms with Crippen molar-refractivity contribution in [3.8, 4) is 17.9 Å². The highest BCUT2D eigenvalue weighted by Gasteiger charge is 1.97. The van der Waals surface area contributed by atoms with Gasteiger partial charge in [0, 0.05) is 23.9 Å². The lowest BCUT2D eigenvalue weighted by molar-refractivity contribution is 1.44. The van der Waals surface area contributed by atoms with E-state index >= 15 is 0 Å². The Balaban J connectivity index is 2.36. The Kier molecular flexibility index (Phi) is 3.64. The lowest BCUT2D eigenvalue weighted by atomic mass is 10.1. The number of hydrogen-bond donors (Lipinski definition) is 1. The highest BCUT2D eigenvalue weighted by atomic mass is 14.8. The largest absolute Gasteiger partial charge is 0.388 e. The zero-order valence-electron chi connectivity index (χ0n) is 10.1. The summed E-state index contributed by atoms with van der Waals surface area (Å²) in [5.74, 6) is 6.15. The van der Waals surface area contributed by atoms with Gasteiger partial charge in [0.2, 0.25) is 0 Å². The lowest BCUT2D eigenvalue weighted by Crippen LogP contribution is -1.90. The molecule has 2 aromatic rings. The van der Waals surface area contributed by atoms with Crippen LogP contribution in [0.15, 0.2) is 48.5 Å². The van der Waals surface area contributed by atoms with Crippen LogP contribution in [-0.2, 0) is 0 Å². The second-order valence-electron chi connectivity index (χ2n) is 3.78. The number of nitrogens with one attached hydrogen (secondary N) is 1. The molecular formula is C16H12N2. The molecule has 2 heteroatoms. The van der Waals surface area contributed by atoms with E-state index in [-0.39, 0.29) is 0 Å². The molecule has 0 aliphatic heterocycles. The number of rotatable bonds is 1. The van der Waals surface area contributed by atoms with Gasteiger partial charge in [0.05, 0.1) is 11.6 Å². The third-order valence-electron chi connectivity index (χ3n) is 2.48. The summed E-state index contributed by atoms with van der Waals surface area (Å²) in [4.78, 5) is 0. The van der Waals surface area contributed by atoms with E-state index in [9.17, 15) is 0 Å². The average molecular weight is 232 g/mol. The van der Waals surface area contributed by atoms with Gasteiger partial charge < -0.3 is 5.32 Å². The molecule has 0 saturated carbocycles. The zero-order chi connectivity index (χ0) is 12.8. The zero-order valence-corrected chi connectivity index (χ0v) is 10.1. The molecule has 0 aromatic heterocycles. The summed E-state index contributed by atoms with van der Waals surface area (Å²) in [6.45, 7) is 0. The Hall–Kier alpha value is -2.71. The second kappa shape index (κ2) is 5.57. The molecule has 0 amide bonds. The van der Waals surface area contributed by atoms with Crippen LogP contribution >= 0.6 is 0 Å². The SMILES string of the molecule is CNc1cc(C#N)cc(C#Cc2ccccc2)c1. The molecule has 0 unspecified atom stereocenters. The van der Waals surface area contributed by atoms with Crippen LogP contribution < -0.4 is 5.32 Å². The van der Waals surface area contributed by atoms with E-state index in [2.05, 4.69) is 23.2 Å². The number of nitriles is 1. The first-order valence-electron chi connectivity index (χ1n) is 5.62. The van der Waals surface area contributed by atoms with Crippen LogP contribution in [0.5, 0.6) is 0 Å². The van der Waals surface area contributed by atoms with E-state index in [4.69, 9.17) is 5.26 Å². The van der Waals surface area contributed by atoms with Gasteiger partial charge in [0.15, 0.2) is 0 Å². The second-order valence-corrected chi connectivity index (χ2v) is 3.78. The van der Waals surface area contributed by atoms with Gasteiger partial charge >= 0.3 is 0 Å². The van der Waals surface area contributed by atoms with Crippen molar-refractivity contribution in [1.82, 2.24) is 0 Å². The molecule has 0 saturated heterocycles. The molecule has 2 aromatic carbocycles. The monoisotopic (exact) mass is 232 g/mol. The van der Waals surface area contributed by atoms with Crippen LogP contribution in [0.3, 0.4) is 0 Å². The first kappa shape index (κ1) is 11.8. The van der Waals surface area contributed by atoms with E-state index in [0.29, 0.717) is 5.56 Å². The van der Waals surface area contributed by atoms with Gasteiger partial charge in [-0.25, -0.2) is 0 Å². The number of benzene rings is 2. The molecule has 2 nitrogen and oxygen atoms in total. The molecule has 2 rings (SSSR count). The fourth-order valence-electron chi connectivity index (χ4n) is 1.57. The van der Waals surface area contributed by atoms with Gasteiger partial charge in [-0.05, 0) is 30.3 Å². The molecular weight excluding hydrogens is 220 g/mol. The van der Waals surface area contributed by atoms with Crippen molar-refractivity contribution in [3.05, 3.63) is 65.2 Å². The maximum absolute atomic E-state index is 8.94. The molecule has 0 fully saturated rings. The van der Waals surface area contributed by atoms with Crippen molar-refractivity contribution < 1.29 is 0 Å². The molecule has 0 atom stereocenters. The van der Waals surface area contributed by atoms with Crippen molar-refractivity contribution >= 4 is 5.69 Å². The molecule has 0 spiro atoms. The summed E-state index contributed by atoms with van der Waals surface area (Å²) in [6, 6.07) is 17.4. The Morgan fingerprint density at radius 1 is 0.889 bits per heavy atom. The smallest absolute Gasteiger partial charge is 0.0992 e. The Morgan fingerprint density at radius 2 is 1.56 bits per heavy atom. The lowest BCUT2D eigenvalue weighted by Gasteiger charge is -2.01. The van der Waals surface area contributed by atoms with Crippen LogP contribution in [0.4, 0.5) is 5.69 Å². The Labute approximate surface area is 107 Å². The predicted molar refractivity (Wildman–Crippen MR) is 73.1 cm³/mol. The van der Waals surface area contributed by atoms with Crippen molar-refractivity contribution in [2.24, 2.45) is 0 Å². The van der Waals surface area contributed by atoms with Crippen LogP contribution in [0.1, 0.15) is 16.7 Å². The van der Waals surface area contributed by atoms with E-state index < -0.39 is 0 Å². The summed E-state index contributed by atoms with van der Waals surface area (Å²) < 4.78 is 0. The molecule has 86 valence electrons.